The molecule has 40 heavy (non-hydrogen) atoms. The molecule has 0 unspecified atom stereocenters. The summed E-state index contributed by atoms with van der Waals surface area (Å²) in [7, 11) is 0. The fourth-order valence-electron chi connectivity index (χ4n) is 5.75. The van der Waals surface area contributed by atoms with Gasteiger partial charge in [0.2, 0.25) is 18.0 Å². The van der Waals surface area contributed by atoms with Crippen molar-refractivity contribution in [2.75, 3.05) is 5.32 Å². The van der Waals surface area contributed by atoms with Crippen LogP contribution >= 0.6 is 15.9 Å². The van der Waals surface area contributed by atoms with Crippen LogP contribution in [0.3, 0.4) is 0 Å². The number of likely N-dealkylation sites (tertiary alicyclic amines) is 1. The van der Waals surface area contributed by atoms with E-state index >= 15 is 0 Å². The molecule has 4 aromatic rings. The summed E-state index contributed by atoms with van der Waals surface area (Å²) in [6.07, 6.45) is 4.96. The molecule has 0 spiro atoms. The van der Waals surface area contributed by atoms with Crippen LogP contribution in [0.4, 0.5) is 5.82 Å². The number of aromatic nitrogens is 5. The second-order valence-corrected chi connectivity index (χ2v) is 11.9. The van der Waals surface area contributed by atoms with Crippen LogP contribution < -0.4 is 10.00 Å². The highest BCUT2D eigenvalue weighted by Gasteiger charge is 2.64. The lowest BCUT2D eigenvalue weighted by Gasteiger charge is -2.25. The third kappa shape index (κ3) is 4.57. The van der Waals surface area contributed by atoms with Gasteiger partial charge in [-0.25, -0.2) is 15.0 Å². The Bertz CT molecular complexity index is 1700. The molecule has 6 rings (SSSR count). The number of aryl methyl sites for hydroxylation is 2. The summed E-state index contributed by atoms with van der Waals surface area (Å²) in [5, 5.41) is 6.78. The van der Waals surface area contributed by atoms with Crippen molar-refractivity contribution in [2.24, 2.45) is 5.41 Å². The predicted octanol–water partition coefficient (Wildman–Crippen LogP) is 3.91. The quantitative estimate of drug-likeness (QED) is 0.196. The maximum absolute atomic E-state index is 13.8. The van der Waals surface area contributed by atoms with Crippen molar-refractivity contribution >= 4 is 50.2 Å². The Morgan fingerprint density at radius 1 is 1.12 bits per heavy atom. The number of fused-ring (bicyclic) bond motifs is 2. The van der Waals surface area contributed by atoms with Crippen molar-refractivity contribution in [3.63, 3.8) is 0 Å². The molecule has 1 aliphatic heterocycles. The largest absolute Gasteiger partial charge is 0.322 e. The molecule has 1 aromatic carbocycles. The lowest BCUT2D eigenvalue weighted by molar-refractivity contribution is -0.715. The molecule has 1 saturated carbocycles. The van der Waals surface area contributed by atoms with Crippen molar-refractivity contribution in [1.82, 2.24) is 25.0 Å². The molecule has 0 radical (unpaired) electrons. The van der Waals surface area contributed by atoms with Gasteiger partial charge in [0, 0.05) is 37.0 Å². The van der Waals surface area contributed by atoms with E-state index in [0.29, 0.717) is 33.7 Å². The Labute approximate surface area is 239 Å². The molecule has 3 aromatic heterocycles. The van der Waals surface area contributed by atoms with E-state index in [1.807, 2.05) is 44.2 Å². The maximum atomic E-state index is 13.8. The van der Waals surface area contributed by atoms with Crippen molar-refractivity contribution in [3.8, 4) is 11.1 Å². The van der Waals surface area contributed by atoms with Crippen LogP contribution in [0.1, 0.15) is 48.6 Å². The number of nitrogens with zero attached hydrogens (tertiary/aromatic N) is 5. The number of H-pyrrole nitrogens is 1. The molecule has 1 aliphatic carbocycles. The Hall–Kier alpha value is -3.99. The van der Waals surface area contributed by atoms with Crippen LogP contribution in [0.2, 0.25) is 0 Å². The third-order valence-electron chi connectivity index (χ3n) is 8.09. The van der Waals surface area contributed by atoms with Gasteiger partial charge in [0.1, 0.15) is 22.3 Å². The molecule has 3 atom stereocenters. The summed E-state index contributed by atoms with van der Waals surface area (Å²) in [5.74, 6) is 0.591. The number of carbonyl (C=O) groups excluding carboxylic acids is 3. The number of anilines is 1. The van der Waals surface area contributed by atoms with E-state index in [-0.39, 0.29) is 35.6 Å². The second-order valence-electron chi connectivity index (χ2n) is 11.1. The minimum Gasteiger partial charge on any atom is -0.322 e. The fraction of sp³-hybridized carbons (Fsp3) is 0.345. The summed E-state index contributed by atoms with van der Waals surface area (Å²) in [6, 6.07) is 8.82. The zero-order valence-electron chi connectivity index (χ0n) is 22.7. The van der Waals surface area contributed by atoms with E-state index in [0.717, 1.165) is 28.6 Å². The Morgan fingerprint density at radius 2 is 1.88 bits per heavy atom. The van der Waals surface area contributed by atoms with Crippen LogP contribution in [0.15, 0.2) is 47.3 Å². The molecule has 2 N–H and O–H groups in total. The molecule has 204 valence electrons. The minimum atomic E-state index is -0.598. The smallest absolute Gasteiger partial charge is 0.291 e. The van der Waals surface area contributed by atoms with Crippen LogP contribution in [-0.4, -0.2) is 54.6 Å². The first-order chi connectivity index (χ1) is 19.0. The van der Waals surface area contributed by atoms with Gasteiger partial charge in [-0.15, -0.1) is 4.68 Å². The van der Waals surface area contributed by atoms with Gasteiger partial charge in [0.15, 0.2) is 11.5 Å². The first kappa shape index (κ1) is 26.2. The molecule has 2 aliphatic rings. The van der Waals surface area contributed by atoms with Gasteiger partial charge in [0.25, 0.3) is 5.91 Å². The zero-order chi connectivity index (χ0) is 28.3. The van der Waals surface area contributed by atoms with Crippen molar-refractivity contribution in [2.45, 2.75) is 59.2 Å². The highest BCUT2D eigenvalue weighted by Crippen LogP contribution is 2.59. The topological polar surface area (TPSA) is 125 Å². The number of ketones is 1. The summed E-state index contributed by atoms with van der Waals surface area (Å²) < 4.78 is 2.31. The molecule has 4 heterocycles. The Balaban J connectivity index is 1.29. The van der Waals surface area contributed by atoms with Crippen molar-refractivity contribution in [1.29, 1.82) is 0 Å². The van der Waals surface area contributed by atoms with Crippen LogP contribution in [0.25, 0.3) is 22.0 Å². The summed E-state index contributed by atoms with van der Waals surface area (Å²) in [4.78, 5) is 54.4. The molecule has 2 fully saturated rings. The SMILES string of the molecule is CC(=O)c1[nH][n+](CC(=O)N2[C@H](C(=O)Nc3nc(Br)ccc3C)C[C@@]3(C)C[C@@H]23)c2ccc(-c3cnc(C)nc3)cc12. The monoisotopic (exact) mass is 602 g/mol. The second kappa shape index (κ2) is 9.58. The minimum absolute atomic E-state index is 0.00885. The normalized spacial score (nSPS) is 21.4. The molecule has 11 heteroatoms. The first-order valence-electron chi connectivity index (χ1n) is 13.1. The molecule has 0 bridgehead atoms. The average molecular weight is 604 g/mol. The van der Waals surface area contributed by atoms with Gasteiger partial charge in [0.05, 0.1) is 5.39 Å². The van der Waals surface area contributed by atoms with Crippen molar-refractivity contribution < 1.29 is 19.1 Å². The molecule has 2 amide bonds. The summed E-state index contributed by atoms with van der Waals surface area (Å²) in [6.45, 7) is 7.29. The standard InChI is InChI=1S/C29H28BrN7O3/c1-15-5-8-24(30)33-27(15)34-28(40)22-10-29(4)11-23(29)37(22)25(39)14-36-21-7-6-18(19-12-31-17(3)32-13-19)9-20(21)26(35-36)16(2)38/h5-9,12-13,22-23H,10-11,14H2,1-4H3,(H,33,34,40)/p+1/t22-,23+,29-/m0/s1. The lowest BCUT2D eigenvalue weighted by atomic mass is 10.0. The zero-order valence-corrected chi connectivity index (χ0v) is 24.2. The molecule has 1 saturated heterocycles. The number of hydrogen-bond acceptors (Lipinski definition) is 6. The number of Topliss-reactive ketones (excluding diaryl/α,β-unsaturated/α-hetero) is 1. The average Bonchev–Trinajstić information content (AvgIpc) is 3.28. The van der Waals surface area contributed by atoms with Gasteiger partial charge in [-0.05, 0) is 77.4 Å². The number of carbonyl (C=O) groups is 3. The van der Waals surface area contributed by atoms with Gasteiger partial charge >= 0.3 is 0 Å². The van der Waals surface area contributed by atoms with E-state index in [2.05, 4.69) is 48.2 Å². The van der Waals surface area contributed by atoms with Crippen LogP contribution in [-0.2, 0) is 16.1 Å². The summed E-state index contributed by atoms with van der Waals surface area (Å²) >= 11 is 3.36. The van der Waals surface area contributed by atoms with Crippen LogP contribution in [0, 0.1) is 19.3 Å². The van der Waals surface area contributed by atoms with E-state index in [1.165, 1.54) is 6.92 Å². The van der Waals surface area contributed by atoms with Gasteiger partial charge < -0.3 is 10.2 Å². The first-order valence-corrected chi connectivity index (χ1v) is 13.9. The van der Waals surface area contributed by atoms with E-state index in [4.69, 9.17) is 0 Å². The fourth-order valence-corrected chi connectivity index (χ4v) is 6.06. The number of benzene rings is 1. The van der Waals surface area contributed by atoms with Gasteiger partial charge in [-0.1, -0.05) is 13.0 Å². The van der Waals surface area contributed by atoms with Gasteiger partial charge in [-0.2, -0.15) is 5.10 Å². The number of nitrogens with one attached hydrogen (secondary N) is 2. The predicted molar refractivity (Wildman–Crippen MR) is 151 cm³/mol. The molecular formula is C29H29BrN7O3+. The Kier molecular flexibility index (Phi) is 6.29. The summed E-state index contributed by atoms with van der Waals surface area (Å²) in [5.41, 5.74) is 3.61. The highest BCUT2D eigenvalue weighted by molar-refractivity contribution is 9.10. The number of halogens is 1. The molecule has 10 nitrogen and oxygen atoms in total. The maximum Gasteiger partial charge on any atom is 0.291 e. The third-order valence-corrected chi connectivity index (χ3v) is 8.54. The van der Waals surface area contributed by atoms with Gasteiger partial charge in [-0.3, -0.25) is 14.4 Å². The van der Waals surface area contributed by atoms with Crippen molar-refractivity contribution in [3.05, 3.63) is 64.4 Å². The number of hydrogen-bond donors (Lipinski definition) is 2. The lowest BCUT2D eigenvalue weighted by Crippen LogP contribution is -2.52. The molecular weight excluding hydrogens is 574 g/mol. The number of aromatic amines is 1. The van der Waals surface area contributed by atoms with E-state index < -0.39 is 6.04 Å². The van der Waals surface area contributed by atoms with Crippen LogP contribution in [0.5, 0.6) is 0 Å². The highest BCUT2D eigenvalue weighted by atomic mass is 79.9. The Morgan fingerprint density at radius 3 is 2.60 bits per heavy atom. The number of pyridine rings is 1. The van der Waals surface area contributed by atoms with E-state index in [9.17, 15) is 14.4 Å². The number of rotatable bonds is 6. The number of amides is 2. The van der Waals surface area contributed by atoms with E-state index in [1.54, 1.807) is 22.0 Å². The number of piperidine rings is 1.